The van der Waals surface area contributed by atoms with Crippen LogP contribution in [-0.4, -0.2) is 18.4 Å². The van der Waals surface area contributed by atoms with Gasteiger partial charge in [0.2, 0.25) is 0 Å². The zero-order valence-electron chi connectivity index (χ0n) is 10.5. The molecule has 0 saturated heterocycles. The van der Waals surface area contributed by atoms with Crippen LogP contribution in [0, 0.1) is 0 Å². The van der Waals surface area contributed by atoms with Gasteiger partial charge in [0.25, 0.3) is 0 Å². The molecule has 0 fully saturated rings. The Morgan fingerprint density at radius 1 is 1.06 bits per heavy atom. The van der Waals surface area contributed by atoms with Crippen molar-refractivity contribution in [1.29, 1.82) is 0 Å². The van der Waals surface area contributed by atoms with Crippen LogP contribution in [0.25, 0.3) is 0 Å². The van der Waals surface area contributed by atoms with Crippen molar-refractivity contribution in [1.82, 2.24) is 0 Å². The number of ketones is 1. The van der Waals surface area contributed by atoms with Crippen LogP contribution in [0.4, 0.5) is 0 Å². The van der Waals surface area contributed by atoms with E-state index in [0.29, 0.717) is 19.4 Å². The highest BCUT2D eigenvalue weighted by Gasteiger charge is 2.02. The molecule has 0 radical (unpaired) electrons. The summed E-state index contributed by atoms with van der Waals surface area (Å²) in [6, 6.07) is 0. The minimum Gasteiger partial charge on any atom is -0.466 e. The molecule has 0 aromatic heterocycles. The minimum absolute atomic E-state index is 0.141. The van der Waals surface area contributed by atoms with E-state index >= 15 is 0 Å². The Bertz CT molecular complexity index is 250. The summed E-state index contributed by atoms with van der Waals surface area (Å²) in [6.07, 6.45) is 5.27. The van der Waals surface area contributed by atoms with Crippen LogP contribution in [0.1, 0.15) is 52.9 Å². The quantitative estimate of drug-likeness (QED) is 0.363. The maximum Gasteiger partial charge on any atom is 0.305 e. The van der Waals surface area contributed by atoms with Crippen molar-refractivity contribution in [3.63, 3.8) is 0 Å². The number of hydrogen-bond acceptors (Lipinski definition) is 3. The Labute approximate surface area is 97.9 Å². The third-order valence-corrected chi connectivity index (χ3v) is 2.06. The molecule has 0 aromatic carbocycles. The fourth-order valence-corrected chi connectivity index (χ4v) is 1.37. The summed E-state index contributed by atoms with van der Waals surface area (Å²) in [5.74, 6) is 0.0364. The Hall–Kier alpha value is -1.12. The van der Waals surface area contributed by atoms with E-state index in [2.05, 4.69) is 0 Å². The lowest BCUT2D eigenvalue weighted by atomic mass is 10.1. The SMILES string of the molecule is CCOC(=O)CCCCCC(=O)C=C(C)C. The van der Waals surface area contributed by atoms with Gasteiger partial charge in [-0.2, -0.15) is 0 Å². The number of carbonyl (C=O) groups is 2. The monoisotopic (exact) mass is 226 g/mol. The van der Waals surface area contributed by atoms with Gasteiger partial charge in [-0.3, -0.25) is 9.59 Å². The molecule has 0 rings (SSSR count). The van der Waals surface area contributed by atoms with Crippen LogP contribution >= 0.6 is 0 Å². The average Bonchev–Trinajstić information content (AvgIpc) is 2.16. The van der Waals surface area contributed by atoms with Crippen LogP contribution in [0.15, 0.2) is 11.6 Å². The molecule has 0 amide bonds. The van der Waals surface area contributed by atoms with Gasteiger partial charge in [-0.05, 0) is 39.7 Å². The molecule has 0 aromatic rings. The van der Waals surface area contributed by atoms with Crippen LogP contribution in [0.5, 0.6) is 0 Å². The molecular formula is C13H22O3. The van der Waals surface area contributed by atoms with Crippen molar-refractivity contribution in [2.24, 2.45) is 0 Å². The Morgan fingerprint density at radius 3 is 2.25 bits per heavy atom. The van der Waals surface area contributed by atoms with Gasteiger partial charge in [-0.15, -0.1) is 0 Å². The average molecular weight is 226 g/mol. The van der Waals surface area contributed by atoms with E-state index in [1.54, 1.807) is 13.0 Å². The van der Waals surface area contributed by atoms with Gasteiger partial charge in [-0.25, -0.2) is 0 Å². The lowest BCUT2D eigenvalue weighted by Crippen LogP contribution is -2.03. The Balaban J connectivity index is 3.44. The second kappa shape index (κ2) is 9.13. The third-order valence-electron chi connectivity index (χ3n) is 2.06. The molecule has 0 spiro atoms. The molecule has 0 atom stereocenters. The van der Waals surface area contributed by atoms with Gasteiger partial charge in [0, 0.05) is 12.8 Å². The van der Waals surface area contributed by atoms with Gasteiger partial charge in [0.05, 0.1) is 6.61 Å². The predicted molar refractivity (Wildman–Crippen MR) is 64.2 cm³/mol. The normalized spacial score (nSPS) is 9.69. The summed E-state index contributed by atoms with van der Waals surface area (Å²) in [6.45, 7) is 6.07. The number of allylic oxidation sites excluding steroid dienone is 2. The van der Waals surface area contributed by atoms with Gasteiger partial charge < -0.3 is 4.74 Å². The molecule has 0 aliphatic heterocycles. The smallest absolute Gasteiger partial charge is 0.305 e. The van der Waals surface area contributed by atoms with Crippen molar-refractivity contribution in [3.05, 3.63) is 11.6 Å². The van der Waals surface area contributed by atoms with Crippen LogP contribution < -0.4 is 0 Å². The van der Waals surface area contributed by atoms with Crippen molar-refractivity contribution >= 4 is 11.8 Å². The maximum atomic E-state index is 11.3. The van der Waals surface area contributed by atoms with Crippen molar-refractivity contribution in [3.8, 4) is 0 Å². The molecule has 0 N–H and O–H groups in total. The summed E-state index contributed by atoms with van der Waals surface area (Å²) in [5, 5.41) is 0. The standard InChI is InChI=1S/C13H22O3/c1-4-16-13(15)9-7-5-6-8-12(14)10-11(2)3/h10H,4-9H2,1-3H3. The molecule has 0 heterocycles. The first-order chi connectivity index (χ1) is 7.56. The molecule has 0 saturated carbocycles. The van der Waals surface area contributed by atoms with Crippen LogP contribution in [-0.2, 0) is 14.3 Å². The number of esters is 1. The molecule has 0 aliphatic rings. The summed E-state index contributed by atoms with van der Waals surface area (Å²) in [7, 11) is 0. The Morgan fingerprint density at radius 2 is 1.69 bits per heavy atom. The van der Waals surface area contributed by atoms with E-state index in [4.69, 9.17) is 4.74 Å². The van der Waals surface area contributed by atoms with Gasteiger partial charge in [0.1, 0.15) is 0 Å². The molecule has 3 heteroatoms. The van der Waals surface area contributed by atoms with E-state index in [-0.39, 0.29) is 11.8 Å². The van der Waals surface area contributed by atoms with Crippen molar-refractivity contribution < 1.29 is 14.3 Å². The number of rotatable bonds is 8. The zero-order chi connectivity index (χ0) is 12.4. The van der Waals surface area contributed by atoms with E-state index in [1.807, 2.05) is 13.8 Å². The van der Waals surface area contributed by atoms with Crippen molar-refractivity contribution in [2.45, 2.75) is 52.9 Å². The van der Waals surface area contributed by atoms with E-state index in [1.165, 1.54) is 0 Å². The number of ether oxygens (including phenoxy) is 1. The summed E-state index contributed by atoms with van der Waals surface area (Å²) >= 11 is 0. The lowest BCUT2D eigenvalue weighted by Gasteiger charge is -2.01. The summed E-state index contributed by atoms with van der Waals surface area (Å²) < 4.78 is 4.81. The fourth-order valence-electron chi connectivity index (χ4n) is 1.37. The van der Waals surface area contributed by atoms with Gasteiger partial charge >= 0.3 is 5.97 Å². The largest absolute Gasteiger partial charge is 0.466 e. The van der Waals surface area contributed by atoms with E-state index in [9.17, 15) is 9.59 Å². The molecular weight excluding hydrogens is 204 g/mol. The highest BCUT2D eigenvalue weighted by Crippen LogP contribution is 2.05. The second-order valence-corrected chi connectivity index (χ2v) is 4.05. The van der Waals surface area contributed by atoms with Gasteiger partial charge in [0.15, 0.2) is 5.78 Å². The van der Waals surface area contributed by atoms with E-state index in [0.717, 1.165) is 24.8 Å². The Kier molecular flexibility index (Phi) is 8.49. The lowest BCUT2D eigenvalue weighted by molar-refractivity contribution is -0.143. The number of hydrogen-bond donors (Lipinski definition) is 0. The summed E-state index contributed by atoms with van der Waals surface area (Å²) in [4.78, 5) is 22.3. The zero-order valence-corrected chi connectivity index (χ0v) is 10.5. The summed E-state index contributed by atoms with van der Waals surface area (Å²) in [5.41, 5.74) is 1.04. The molecule has 0 bridgehead atoms. The first-order valence-corrected chi connectivity index (χ1v) is 5.89. The molecule has 0 unspecified atom stereocenters. The fraction of sp³-hybridized carbons (Fsp3) is 0.692. The topological polar surface area (TPSA) is 43.4 Å². The van der Waals surface area contributed by atoms with Gasteiger partial charge in [-0.1, -0.05) is 12.0 Å². The van der Waals surface area contributed by atoms with Crippen molar-refractivity contribution in [2.75, 3.05) is 6.61 Å². The van der Waals surface area contributed by atoms with Crippen LogP contribution in [0.3, 0.4) is 0 Å². The maximum absolute atomic E-state index is 11.3. The van der Waals surface area contributed by atoms with Crippen LogP contribution in [0.2, 0.25) is 0 Å². The predicted octanol–water partition coefficient (Wildman–Crippen LogP) is 3.04. The molecule has 16 heavy (non-hydrogen) atoms. The number of carbonyl (C=O) groups excluding carboxylic acids is 2. The highest BCUT2D eigenvalue weighted by atomic mass is 16.5. The first kappa shape index (κ1) is 14.9. The van der Waals surface area contributed by atoms with E-state index < -0.39 is 0 Å². The third kappa shape index (κ3) is 9.44. The molecule has 3 nitrogen and oxygen atoms in total. The second-order valence-electron chi connectivity index (χ2n) is 4.05. The number of unbranched alkanes of at least 4 members (excludes halogenated alkanes) is 2. The first-order valence-electron chi connectivity index (χ1n) is 5.89. The minimum atomic E-state index is -0.141. The molecule has 0 aliphatic carbocycles. The molecule has 92 valence electrons. The highest BCUT2D eigenvalue weighted by molar-refractivity contribution is 5.90.